The number of rotatable bonds is 5. The van der Waals surface area contributed by atoms with Gasteiger partial charge in [-0.2, -0.15) is 4.98 Å². The van der Waals surface area contributed by atoms with E-state index < -0.39 is 0 Å². The molecule has 1 aromatic rings. The molecule has 0 aliphatic carbocycles. The van der Waals surface area contributed by atoms with Crippen molar-refractivity contribution >= 4 is 12.4 Å². The van der Waals surface area contributed by atoms with Crippen LogP contribution in [0.3, 0.4) is 0 Å². The molecule has 1 saturated heterocycles. The van der Waals surface area contributed by atoms with Crippen LogP contribution in [0.4, 0.5) is 0 Å². The van der Waals surface area contributed by atoms with Crippen LogP contribution in [0.15, 0.2) is 4.52 Å². The second-order valence-electron chi connectivity index (χ2n) is 5.20. The number of nitrogens with zero attached hydrogens (tertiary/aromatic N) is 3. The van der Waals surface area contributed by atoms with Gasteiger partial charge in [0.2, 0.25) is 5.89 Å². The van der Waals surface area contributed by atoms with Crippen LogP contribution in [0.1, 0.15) is 38.4 Å². The third-order valence-corrected chi connectivity index (χ3v) is 3.21. The van der Waals surface area contributed by atoms with Gasteiger partial charge < -0.3 is 10.3 Å². The standard InChI is InChI=1S/C12H22N4O.ClH/c1-9(2)6-11-14-12(17-15-11)8-16-5-3-4-10(16)7-13;/h9-10H,3-8,13H2,1-2H3;1H. The Kier molecular flexibility index (Phi) is 6.05. The van der Waals surface area contributed by atoms with Crippen molar-refractivity contribution in [3.8, 4) is 0 Å². The van der Waals surface area contributed by atoms with E-state index in [9.17, 15) is 0 Å². The highest BCUT2D eigenvalue weighted by atomic mass is 35.5. The molecule has 18 heavy (non-hydrogen) atoms. The Balaban J connectivity index is 0.00000162. The number of hydrogen-bond acceptors (Lipinski definition) is 5. The maximum atomic E-state index is 5.74. The number of aromatic nitrogens is 2. The van der Waals surface area contributed by atoms with Crippen molar-refractivity contribution in [3.63, 3.8) is 0 Å². The summed E-state index contributed by atoms with van der Waals surface area (Å²) in [4.78, 5) is 6.76. The van der Waals surface area contributed by atoms with Gasteiger partial charge in [-0.1, -0.05) is 19.0 Å². The van der Waals surface area contributed by atoms with E-state index in [1.54, 1.807) is 0 Å². The monoisotopic (exact) mass is 274 g/mol. The molecule has 0 aromatic carbocycles. The van der Waals surface area contributed by atoms with Crippen molar-refractivity contribution in [2.24, 2.45) is 11.7 Å². The Morgan fingerprint density at radius 1 is 1.50 bits per heavy atom. The van der Waals surface area contributed by atoms with Crippen LogP contribution in [0.5, 0.6) is 0 Å². The zero-order chi connectivity index (χ0) is 12.3. The van der Waals surface area contributed by atoms with E-state index in [2.05, 4.69) is 28.9 Å². The van der Waals surface area contributed by atoms with Crippen molar-refractivity contribution in [3.05, 3.63) is 11.7 Å². The van der Waals surface area contributed by atoms with Gasteiger partial charge in [-0.25, -0.2) is 0 Å². The summed E-state index contributed by atoms with van der Waals surface area (Å²) >= 11 is 0. The van der Waals surface area contributed by atoms with Crippen molar-refractivity contribution in [1.29, 1.82) is 0 Å². The van der Waals surface area contributed by atoms with Crippen LogP contribution in [0, 0.1) is 5.92 Å². The molecule has 1 unspecified atom stereocenters. The third kappa shape index (κ3) is 3.93. The van der Waals surface area contributed by atoms with Gasteiger partial charge in [-0.3, -0.25) is 4.90 Å². The highest BCUT2D eigenvalue weighted by Gasteiger charge is 2.24. The zero-order valence-electron chi connectivity index (χ0n) is 11.1. The molecule has 2 heterocycles. The lowest BCUT2D eigenvalue weighted by atomic mass is 10.1. The average molecular weight is 275 g/mol. The molecule has 0 amide bonds. The van der Waals surface area contributed by atoms with Crippen LogP contribution >= 0.6 is 12.4 Å². The Morgan fingerprint density at radius 3 is 2.94 bits per heavy atom. The smallest absolute Gasteiger partial charge is 0.240 e. The van der Waals surface area contributed by atoms with Crippen molar-refractivity contribution < 1.29 is 4.52 Å². The summed E-state index contributed by atoms with van der Waals surface area (Å²) in [6.45, 7) is 6.85. The van der Waals surface area contributed by atoms with Gasteiger partial charge >= 0.3 is 0 Å². The van der Waals surface area contributed by atoms with Gasteiger partial charge in [0.1, 0.15) is 0 Å². The van der Waals surface area contributed by atoms with E-state index in [0.29, 0.717) is 18.5 Å². The first-order valence-electron chi connectivity index (χ1n) is 6.44. The number of hydrogen-bond donors (Lipinski definition) is 1. The lowest BCUT2D eigenvalue weighted by molar-refractivity contribution is 0.214. The highest BCUT2D eigenvalue weighted by Crippen LogP contribution is 2.18. The van der Waals surface area contributed by atoms with Crippen molar-refractivity contribution in [1.82, 2.24) is 15.0 Å². The largest absolute Gasteiger partial charge is 0.338 e. The van der Waals surface area contributed by atoms with Gasteiger partial charge in [0.25, 0.3) is 0 Å². The van der Waals surface area contributed by atoms with Crippen LogP contribution < -0.4 is 5.73 Å². The quantitative estimate of drug-likeness (QED) is 0.884. The summed E-state index contributed by atoms with van der Waals surface area (Å²) in [6.07, 6.45) is 3.28. The van der Waals surface area contributed by atoms with Gasteiger partial charge in [0.05, 0.1) is 6.54 Å². The molecule has 1 aliphatic rings. The van der Waals surface area contributed by atoms with Crippen LogP contribution in [0.2, 0.25) is 0 Å². The van der Waals surface area contributed by atoms with E-state index >= 15 is 0 Å². The fourth-order valence-corrected chi connectivity index (χ4v) is 2.35. The summed E-state index contributed by atoms with van der Waals surface area (Å²) in [5.41, 5.74) is 5.74. The van der Waals surface area contributed by atoms with Gasteiger partial charge in [0, 0.05) is 19.0 Å². The number of halogens is 1. The van der Waals surface area contributed by atoms with Crippen LogP contribution in [0.25, 0.3) is 0 Å². The Hall–Kier alpha value is -0.650. The summed E-state index contributed by atoms with van der Waals surface area (Å²) < 4.78 is 5.28. The molecule has 104 valence electrons. The van der Waals surface area contributed by atoms with Crippen LogP contribution in [-0.4, -0.2) is 34.2 Å². The first-order valence-corrected chi connectivity index (χ1v) is 6.44. The molecule has 1 aliphatic heterocycles. The summed E-state index contributed by atoms with van der Waals surface area (Å²) in [6, 6.07) is 0.482. The minimum Gasteiger partial charge on any atom is -0.338 e. The maximum Gasteiger partial charge on any atom is 0.240 e. The lowest BCUT2D eigenvalue weighted by Crippen LogP contribution is -2.34. The SMILES string of the molecule is CC(C)Cc1noc(CN2CCCC2CN)n1.Cl. The molecule has 6 heteroatoms. The highest BCUT2D eigenvalue weighted by molar-refractivity contribution is 5.85. The molecular weight excluding hydrogens is 252 g/mol. The Morgan fingerprint density at radius 2 is 2.28 bits per heavy atom. The summed E-state index contributed by atoms with van der Waals surface area (Å²) in [7, 11) is 0. The zero-order valence-corrected chi connectivity index (χ0v) is 11.9. The van der Waals surface area contributed by atoms with Crippen molar-refractivity contribution in [2.75, 3.05) is 13.1 Å². The van der Waals surface area contributed by atoms with Crippen molar-refractivity contribution in [2.45, 2.75) is 45.7 Å². The van der Waals surface area contributed by atoms with E-state index in [0.717, 1.165) is 31.2 Å². The molecule has 0 radical (unpaired) electrons. The van der Waals surface area contributed by atoms with Crippen LogP contribution in [-0.2, 0) is 13.0 Å². The number of nitrogens with two attached hydrogens (primary N) is 1. The first kappa shape index (κ1) is 15.4. The predicted octanol–water partition coefficient (Wildman–Crippen LogP) is 1.61. The fourth-order valence-electron chi connectivity index (χ4n) is 2.35. The topological polar surface area (TPSA) is 68.2 Å². The molecule has 1 atom stereocenters. The lowest BCUT2D eigenvalue weighted by Gasteiger charge is -2.20. The second-order valence-corrected chi connectivity index (χ2v) is 5.20. The molecule has 1 aromatic heterocycles. The normalized spacial score (nSPS) is 20.3. The molecule has 2 rings (SSSR count). The third-order valence-electron chi connectivity index (χ3n) is 3.21. The Bertz CT molecular complexity index is 356. The second kappa shape index (κ2) is 7.07. The van der Waals surface area contributed by atoms with Gasteiger partial charge in [-0.15, -0.1) is 12.4 Å². The molecule has 1 fully saturated rings. The van der Waals surface area contributed by atoms with E-state index in [1.807, 2.05) is 0 Å². The van der Waals surface area contributed by atoms with E-state index in [4.69, 9.17) is 10.3 Å². The van der Waals surface area contributed by atoms with Gasteiger partial charge in [0.15, 0.2) is 5.82 Å². The molecule has 5 nitrogen and oxygen atoms in total. The fraction of sp³-hybridized carbons (Fsp3) is 0.833. The van der Waals surface area contributed by atoms with Gasteiger partial charge in [-0.05, 0) is 25.3 Å². The minimum atomic E-state index is 0. The average Bonchev–Trinajstić information content (AvgIpc) is 2.87. The number of likely N-dealkylation sites (tertiary alicyclic amines) is 1. The molecule has 0 spiro atoms. The first-order chi connectivity index (χ1) is 8.19. The Labute approximate surface area is 115 Å². The minimum absolute atomic E-state index is 0. The maximum absolute atomic E-state index is 5.74. The van der Waals surface area contributed by atoms with E-state index in [-0.39, 0.29) is 12.4 Å². The molecule has 0 bridgehead atoms. The predicted molar refractivity (Wildman–Crippen MR) is 72.6 cm³/mol. The summed E-state index contributed by atoms with van der Waals surface area (Å²) in [5.74, 6) is 2.10. The molecule has 2 N–H and O–H groups in total. The molecular formula is C12H23ClN4O. The van der Waals surface area contributed by atoms with E-state index in [1.165, 1.54) is 12.8 Å². The molecule has 0 saturated carbocycles. The summed E-state index contributed by atoms with van der Waals surface area (Å²) in [5, 5.41) is 4.01.